The highest BCUT2D eigenvalue weighted by Crippen LogP contribution is 2.40. The van der Waals surface area contributed by atoms with Gasteiger partial charge in [0, 0.05) is 6.04 Å². The zero-order valence-electron chi connectivity index (χ0n) is 13.9. The van der Waals surface area contributed by atoms with Crippen molar-refractivity contribution >= 4 is 43.1 Å². The maximum atomic E-state index is 2.70. The summed E-state index contributed by atoms with van der Waals surface area (Å²) in [5, 5.41) is 4.55. The molecule has 124 valence electrons. The fraction of sp³-hybridized carbons (Fsp3) is 0.600. The molecule has 4 rings (SSSR count). The van der Waals surface area contributed by atoms with Crippen LogP contribution in [0.15, 0.2) is 22.9 Å². The van der Waals surface area contributed by atoms with Crippen LogP contribution in [-0.2, 0) is 0 Å². The average Bonchev–Trinajstić information content (AvgIpc) is 3.22. The van der Waals surface area contributed by atoms with Crippen LogP contribution in [0.3, 0.4) is 0 Å². The fourth-order valence-electron chi connectivity index (χ4n) is 4.25. The SMILES string of the molecule is c1cc2c(s1)c1sccc1n2C1CCCCCCCCCCC1. The Morgan fingerprint density at radius 2 is 1.09 bits per heavy atom. The maximum Gasteiger partial charge on any atom is 0.0700 e. The van der Waals surface area contributed by atoms with Gasteiger partial charge in [-0.25, -0.2) is 0 Å². The van der Waals surface area contributed by atoms with E-state index in [1.165, 1.54) is 91.1 Å². The first-order valence-electron chi connectivity index (χ1n) is 9.40. The Labute approximate surface area is 147 Å². The smallest absolute Gasteiger partial charge is 0.0700 e. The van der Waals surface area contributed by atoms with E-state index in [9.17, 15) is 0 Å². The second-order valence-corrected chi connectivity index (χ2v) is 8.89. The molecule has 0 radical (unpaired) electrons. The van der Waals surface area contributed by atoms with Crippen molar-refractivity contribution in [2.24, 2.45) is 0 Å². The average molecular weight is 346 g/mol. The molecule has 1 fully saturated rings. The molecule has 0 aliphatic heterocycles. The first kappa shape index (κ1) is 15.7. The van der Waals surface area contributed by atoms with Crippen LogP contribution in [0.2, 0.25) is 0 Å². The molecule has 1 nitrogen and oxygen atoms in total. The zero-order valence-corrected chi connectivity index (χ0v) is 15.6. The minimum absolute atomic E-state index is 0.707. The Balaban J connectivity index is 1.64. The fourth-order valence-corrected chi connectivity index (χ4v) is 6.20. The van der Waals surface area contributed by atoms with Crippen LogP contribution in [0.1, 0.15) is 76.7 Å². The maximum absolute atomic E-state index is 2.70. The third-order valence-electron chi connectivity index (χ3n) is 5.45. The van der Waals surface area contributed by atoms with Crippen LogP contribution in [0.4, 0.5) is 0 Å². The first-order valence-corrected chi connectivity index (χ1v) is 11.2. The van der Waals surface area contributed by atoms with Gasteiger partial charge in [0.25, 0.3) is 0 Å². The predicted molar refractivity (Wildman–Crippen MR) is 105 cm³/mol. The molecule has 0 saturated heterocycles. The van der Waals surface area contributed by atoms with E-state index in [0.717, 1.165) is 0 Å². The van der Waals surface area contributed by atoms with Crippen molar-refractivity contribution in [3.05, 3.63) is 22.9 Å². The number of nitrogens with zero attached hydrogens (tertiary/aromatic N) is 1. The van der Waals surface area contributed by atoms with E-state index >= 15 is 0 Å². The van der Waals surface area contributed by atoms with Crippen molar-refractivity contribution in [1.29, 1.82) is 0 Å². The monoisotopic (exact) mass is 345 g/mol. The van der Waals surface area contributed by atoms with Crippen molar-refractivity contribution in [1.82, 2.24) is 4.57 Å². The van der Waals surface area contributed by atoms with Gasteiger partial charge in [-0.05, 0) is 35.7 Å². The third-order valence-corrected chi connectivity index (χ3v) is 7.43. The second kappa shape index (κ2) is 7.40. The van der Waals surface area contributed by atoms with Crippen LogP contribution in [-0.4, -0.2) is 4.57 Å². The molecule has 0 N–H and O–H groups in total. The first-order chi connectivity index (χ1) is 11.4. The van der Waals surface area contributed by atoms with Gasteiger partial charge in [-0.1, -0.05) is 57.8 Å². The van der Waals surface area contributed by atoms with Gasteiger partial charge in [0.05, 0.1) is 20.4 Å². The Morgan fingerprint density at radius 1 is 0.652 bits per heavy atom. The summed E-state index contributed by atoms with van der Waals surface area (Å²) in [4.78, 5) is 0. The molecule has 1 saturated carbocycles. The highest BCUT2D eigenvalue weighted by Gasteiger charge is 2.19. The summed E-state index contributed by atoms with van der Waals surface area (Å²) in [7, 11) is 0. The van der Waals surface area contributed by atoms with Gasteiger partial charge in [0.2, 0.25) is 0 Å². The number of thiophene rings is 2. The van der Waals surface area contributed by atoms with Gasteiger partial charge in [0.15, 0.2) is 0 Å². The number of aromatic nitrogens is 1. The topological polar surface area (TPSA) is 4.93 Å². The van der Waals surface area contributed by atoms with Crippen LogP contribution < -0.4 is 0 Å². The lowest BCUT2D eigenvalue weighted by molar-refractivity contribution is 0.401. The normalized spacial score (nSPS) is 19.8. The summed E-state index contributed by atoms with van der Waals surface area (Å²) in [6, 6.07) is 5.41. The molecule has 0 spiro atoms. The van der Waals surface area contributed by atoms with Crippen molar-refractivity contribution in [2.45, 2.75) is 76.7 Å². The molecule has 3 aromatic heterocycles. The van der Waals surface area contributed by atoms with Gasteiger partial charge in [0.1, 0.15) is 0 Å². The Hall–Kier alpha value is -0.800. The molecule has 3 aromatic rings. The molecule has 0 unspecified atom stereocenters. The van der Waals surface area contributed by atoms with E-state index in [1.54, 1.807) is 0 Å². The summed E-state index contributed by atoms with van der Waals surface area (Å²) >= 11 is 3.84. The van der Waals surface area contributed by atoms with Gasteiger partial charge in [-0.2, -0.15) is 0 Å². The molecule has 0 aromatic carbocycles. The van der Waals surface area contributed by atoms with Gasteiger partial charge in [-0.3, -0.25) is 0 Å². The summed E-state index contributed by atoms with van der Waals surface area (Å²) in [6.45, 7) is 0. The lowest BCUT2D eigenvalue weighted by atomic mass is 9.97. The van der Waals surface area contributed by atoms with E-state index in [4.69, 9.17) is 0 Å². The molecule has 0 atom stereocenters. The Morgan fingerprint density at radius 3 is 1.57 bits per heavy atom. The lowest BCUT2D eigenvalue weighted by Gasteiger charge is -2.21. The molecular formula is C20H27NS2. The Kier molecular flexibility index (Phi) is 5.05. The molecule has 1 aliphatic carbocycles. The van der Waals surface area contributed by atoms with Gasteiger partial charge < -0.3 is 4.57 Å². The minimum Gasteiger partial charge on any atom is -0.336 e. The zero-order chi connectivity index (χ0) is 15.5. The standard InChI is InChI=1S/C20H27NS2/c1-2-4-6-8-10-16(11-9-7-5-3-1)21-17-12-14-22-19(17)20-18(21)13-15-23-20/h12-16H,1-11H2. The van der Waals surface area contributed by atoms with Crippen molar-refractivity contribution < 1.29 is 0 Å². The summed E-state index contributed by atoms with van der Waals surface area (Å²) in [6.07, 6.45) is 15.7. The molecule has 0 bridgehead atoms. The number of hydrogen-bond donors (Lipinski definition) is 0. The minimum atomic E-state index is 0.707. The summed E-state index contributed by atoms with van der Waals surface area (Å²) in [5.41, 5.74) is 2.99. The van der Waals surface area contributed by atoms with Crippen molar-refractivity contribution in [2.75, 3.05) is 0 Å². The van der Waals surface area contributed by atoms with E-state index in [0.29, 0.717) is 6.04 Å². The molecule has 3 heterocycles. The molecular weight excluding hydrogens is 318 g/mol. The van der Waals surface area contributed by atoms with E-state index < -0.39 is 0 Å². The summed E-state index contributed by atoms with van der Waals surface area (Å²) in [5.74, 6) is 0. The van der Waals surface area contributed by atoms with Crippen molar-refractivity contribution in [3.63, 3.8) is 0 Å². The second-order valence-electron chi connectivity index (χ2n) is 7.05. The van der Waals surface area contributed by atoms with Crippen LogP contribution in [0.25, 0.3) is 20.4 Å². The van der Waals surface area contributed by atoms with Gasteiger partial charge >= 0.3 is 0 Å². The highest BCUT2D eigenvalue weighted by molar-refractivity contribution is 7.25. The molecule has 23 heavy (non-hydrogen) atoms. The predicted octanol–water partition coefficient (Wildman–Crippen LogP) is 7.76. The largest absolute Gasteiger partial charge is 0.336 e. The van der Waals surface area contributed by atoms with Crippen molar-refractivity contribution in [3.8, 4) is 0 Å². The number of fused-ring (bicyclic) bond motifs is 3. The third kappa shape index (κ3) is 3.23. The van der Waals surface area contributed by atoms with Crippen LogP contribution in [0, 0.1) is 0 Å². The Bertz CT molecular complexity index is 688. The molecule has 3 heteroatoms. The van der Waals surface area contributed by atoms with E-state index in [1.807, 2.05) is 22.7 Å². The molecule has 1 aliphatic rings. The lowest BCUT2D eigenvalue weighted by Crippen LogP contribution is -2.09. The summed E-state index contributed by atoms with van der Waals surface area (Å²) < 4.78 is 5.73. The van der Waals surface area contributed by atoms with Gasteiger partial charge in [-0.15, -0.1) is 22.7 Å². The highest BCUT2D eigenvalue weighted by atomic mass is 32.1. The van der Waals surface area contributed by atoms with Crippen LogP contribution in [0.5, 0.6) is 0 Å². The van der Waals surface area contributed by atoms with E-state index in [-0.39, 0.29) is 0 Å². The number of hydrogen-bond acceptors (Lipinski definition) is 2. The quantitative estimate of drug-likeness (QED) is 0.424. The molecule has 0 amide bonds. The van der Waals surface area contributed by atoms with Crippen LogP contribution >= 0.6 is 22.7 Å². The number of rotatable bonds is 1. The van der Waals surface area contributed by atoms with E-state index in [2.05, 4.69) is 27.5 Å².